The van der Waals surface area contributed by atoms with E-state index in [0.717, 1.165) is 57.2 Å². The molecule has 0 aliphatic rings. The first kappa shape index (κ1) is 26.9. The van der Waals surface area contributed by atoms with Crippen molar-refractivity contribution in [2.45, 2.75) is 11.3 Å². The number of hydrogen-bond acceptors (Lipinski definition) is 6. The first-order valence-electron chi connectivity index (χ1n) is 13.0. The number of rotatable bonds is 8. The minimum Gasteiger partial charge on any atom is -0.507 e. The predicted molar refractivity (Wildman–Crippen MR) is 159 cm³/mol. The zero-order chi connectivity index (χ0) is 29.3. The van der Waals surface area contributed by atoms with Crippen LogP contribution in [0.5, 0.6) is 11.5 Å². The highest BCUT2D eigenvalue weighted by Gasteiger charge is 2.23. The average molecular weight is 577 g/mol. The van der Waals surface area contributed by atoms with Crippen LogP contribution in [0.4, 0.5) is 0 Å². The van der Waals surface area contributed by atoms with Crippen LogP contribution in [-0.4, -0.2) is 24.6 Å². The van der Waals surface area contributed by atoms with E-state index >= 15 is 0 Å². The SMILES string of the molecule is O=C(O)c1cc(S(=O)(=O)Oc2ccccc2-c2ccc(-c3c(Cc4ccccc4)oc4ccccc34)cc2)ccc1O. The van der Waals surface area contributed by atoms with Crippen molar-refractivity contribution in [3.63, 3.8) is 0 Å². The fraction of sp³-hybridized carbons (Fsp3) is 0.0294. The van der Waals surface area contributed by atoms with Crippen molar-refractivity contribution in [2.75, 3.05) is 0 Å². The minimum absolute atomic E-state index is 0.0775. The summed E-state index contributed by atoms with van der Waals surface area (Å²) in [6, 6.07) is 35.4. The van der Waals surface area contributed by atoms with Gasteiger partial charge in [-0.25, -0.2) is 4.79 Å². The van der Waals surface area contributed by atoms with Gasteiger partial charge in [-0.05, 0) is 47.0 Å². The quantitative estimate of drug-likeness (QED) is 0.180. The van der Waals surface area contributed by atoms with E-state index in [0.29, 0.717) is 12.0 Å². The number of furan rings is 1. The fourth-order valence-electron chi connectivity index (χ4n) is 4.92. The van der Waals surface area contributed by atoms with Crippen molar-refractivity contribution in [1.82, 2.24) is 0 Å². The summed E-state index contributed by atoms with van der Waals surface area (Å²) >= 11 is 0. The molecule has 0 spiro atoms. The lowest BCUT2D eigenvalue weighted by Crippen LogP contribution is -2.11. The standard InChI is InChI=1S/C34H24O7S/c35-29-19-18-25(21-28(29)34(36)37)42(38,39)41-31-13-7-4-10-26(31)23-14-16-24(17-15-23)33-27-11-5-6-12-30(27)40-32(33)20-22-8-2-1-3-9-22/h1-19,21,35H,20H2,(H,36,37). The molecule has 0 fully saturated rings. The van der Waals surface area contributed by atoms with Gasteiger partial charge in [0.05, 0.1) is 0 Å². The molecule has 0 aliphatic carbocycles. The molecule has 0 saturated heterocycles. The van der Waals surface area contributed by atoms with Gasteiger partial charge in [-0.15, -0.1) is 0 Å². The molecule has 0 aliphatic heterocycles. The number of benzene rings is 5. The maximum Gasteiger partial charge on any atom is 0.339 e. The molecular weight excluding hydrogens is 552 g/mol. The number of para-hydroxylation sites is 2. The number of carboxylic acids is 1. The summed E-state index contributed by atoms with van der Waals surface area (Å²) < 4.78 is 37.9. The van der Waals surface area contributed by atoms with Crippen LogP contribution in [0.25, 0.3) is 33.2 Å². The Morgan fingerprint density at radius 2 is 1.43 bits per heavy atom. The highest BCUT2D eigenvalue weighted by atomic mass is 32.2. The molecule has 6 rings (SSSR count). The van der Waals surface area contributed by atoms with Gasteiger partial charge in [-0.1, -0.05) is 91.0 Å². The number of fused-ring (bicyclic) bond motifs is 1. The number of aromatic hydroxyl groups is 1. The van der Waals surface area contributed by atoms with Crippen LogP contribution >= 0.6 is 0 Å². The molecule has 2 N–H and O–H groups in total. The average Bonchev–Trinajstić information content (AvgIpc) is 3.35. The summed E-state index contributed by atoms with van der Waals surface area (Å²) in [5, 5.41) is 20.0. The molecule has 0 atom stereocenters. The highest BCUT2D eigenvalue weighted by Crippen LogP contribution is 2.38. The predicted octanol–water partition coefficient (Wildman–Crippen LogP) is 7.53. The second-order valence-electron chi connectivity index (χ2n) is 9.65. The third-order valence-corrected chi connectivity index (χ3v) is 8.16. The summed E-state index contributed by atoms with van der Waals surface area (Å²) in [7, 11) is -4.41. The maximum absolute atomic E-state index is 13.1. The first-order valence-corrected chi connectivity index (χ1v) is 14.5. The van der Waals surface area contributed by atoms with Crippen LogP contribution in [0.2, 0.25) is 0 Å². The fourth-order valence-corrected chi connectivity index (χ4v) is 5.90. The third kappa shape index (κ3) is 5.23. The number of aromatic carboxylic acids is 1. The molecule has 6 aromatic rings. The van der Waals surface area contributed by atoms with E-state index in [-0.39, 0.29) is 10.6 Å². The molecule has 1 heterocycles. The van der Waals surface area contributed by atoms with E-state index in [9.17, 15) is 23.4 Å². The van der Waals surface area contributed by atoms with E-state index in [1.54, 1.807) is 18.2 Å². The van der Waals surface area contributed by atoms with Crippen molar-refractivity contribution in [3.05, 3.63) is 138 Å². The minimum atomic E-state index is -4.41. The van der Waals surface area contributed by atoms with Crippen LogP contribution < -0.4 is 4.18 Å². The van der Waals surface area contributed by atoms with Gasteiger partial charge in [0.2, 0.25) is 0 Å². The monoisotopic (exact) mass is 576 g/mol. The largest absolute Gasteiger partial charge is 0.507 e. The van der Waals surface area contributed by atoms with E-state index in [4.69, 9.17) is 8.60 Å². The molecule has 8 heteroatoms. The number of carbonyl (C=O) groups is 1. The zero-order valence-electron chi connectivity index (χ0n) is 22.1. The normalized spacial score (nSPS) is 11.4. The van der Waals surface area contributed by atoms with Gasteiger partial charge in [0.1, 0.15) is 27.6 Å². The maximum atomic E-state index is 13.1. The molecule has 7 nitrogen and oxygen atoms in total. The van der Waals surface area contributed by atoms with E-state index in [1.165, 1.54) is 6.07 Å². The van der Waals surface area contributed by atoms with E-state index in [1.807, 2.05) is 66.7 Å². The summed E-state index contributed by atoms with van der Waals surface area (Å²) in [6.07, 6.45) is 0.627. The first-order chi connectivity index (χ1) is 20.3. The summed E-state index contributed by atoms with van der Waals surface area (Å²) in [5.41, 5.74) is 4.59. The second kappa shape index (κ2) is 10.9. The number of phenols is 1. The molecular formula is C34H24O7S. The summed E-state index contributed by atoms with van der Waals surface area (Å²) in [5.74, 6) is -1.07. The van der Waals surface area contributed by atoms with Crippen LogP contribution in [-0.2, 0) is 16.5 Å². The molecule has 5 aromatic carbocycles. The molecule has 0 saturated carbocycles. The van der Waals surface area contributed by atoms with Crippen molar-refractivity contribution in [3.8, 4) is 33.8 Å². The lowest BCUT2D eigenvalue weighted by molar-refractivity contribution is 0.0693. The Morgan fingerprint density at radius 1 is 0.762 bits per heavy atom. The highest BCUT2D eigenvalue weighted by molar-refractivity contribution is 7.87. The molecule has 0 bridgehead atoms. The van der Waals surface area contributed by atoms with Crippen molar-refractivity contribution < 1.29 is 32.0 Å². The topological polar surface area (TPSA) is 114 Å². The molecule has 208 valence electrons. The van der Waals surface area contributed by atoms with Crippen LogP contribution in [0.3, 0.4) is 0 Å². The smallest absolute Gasteiger partial charge is 0.339 e. The van der Waals surface area contributed by atoms with Crippen LogP contribution in [0.15, 0.2) is 131 Å². The number of carboxylic acid groups (broad SMARTS) is 1. The van der Waals surface area contributed by atoms with Gasteiger partial charge >= 0.3 is 16.1 Å². The zero-order valence-corrected chi connectivity index (χ0v) is 22.9. The Kier molecular flexibility index (Phi) is 6.98. The van der Waals surface area contributed by atoms with E-state index < -0.39 is 27.4 Å². The molecule has 0 unspecified atom stereocenters. The molecule has 0 amide bonds. The Morgan fingerprint density at radius 3 is 2.19 bits per heavy atom. The lowest BCUT2D eigenvalue weighted by Gasteiger charge is -2.13. The van der Waals surface area contributed by atoms with Crippen LogP contribution in [0.1, 0.15) is 21.7 Å². The van der Waals surface area contributed by atoms with Crippen LogP contribution in [0, 0.1) is 0 Å². The molecule has 0 radical (unpaired) electrons. The summed E-state index contributed by atoms with van der Waals surface area (Å²) in [4.78, 5) is 11.0. The third-order valence-electron chi connectivity index (χ3n) is 6.93. The molecule has 42 heavy (non-hydrogen) atoms. The van der Waals surface area contributed by atoms with Gasteiger partial charge in [0, 0.05) is 22.9 Å². The van der Waals surface area contributed by atoms with Crippen molar-refractivity contribution in [1.29, 1.82) is 0 Å². The lowest BCUT2D eigenvalue weighted by atomic mass is 9.96. The summed E-state index contributed by atoms with van der Waals surface area (Å²) in [6.45, 7) is 0. The number of hydrogen-bond donors (Lipinski definition) is 2. The Bertz CT molecular complexity index is 2030. The van der Waals surface area contributed by atoms with Gasteiger partial charge in [-0.3, -0.25) is 0 Å². The van der Waals surface area contributed by atoms with Crippen molar-refractivity contribution >= 4 is 27.1 Å². The Hall–Kier alpha value is -5.34. The van der Waals surface area contributed by atoms with Crippen molar-refractivity contribution in [2.24, 2.45) is 0 Å². The van der Waals surface area contributed by atoms with Gasteiger partial charge in [0.25, 0.3) is 0 Å². The van der Waals surface area contributed by atoms with Gasteiger partial charge < -0.3 is 18.8 Å². The van der Waals surface area contributed by atoms with Gasteiger partial charge in [-0.2, -0.15) is 8.42 Å². The van der Waals surface area contributed by atoms with E-state index in [2.05, 4.69) is 12.1 Å². The Labute approximate surface area is 242 Å². The second-order valence-corrected chi connectivity index (χ2v) is 11.2. The molecule has 1 aromatic heterocycles. The van der Waals surface area contributed by atoms with Gasteiger partial charge in [0.15, 0.2) is 5.75 Å². The Balaban J connectivity index is 1.35.